The highest BCUT2D eigenvalue weighted by atomic mass is 32.1. The highest BCUT2D eigenvalue weighted by Crippen LogP contribution is 2.10. The van der Waals surface area contributed by atoms with E-state index < -0.39 is 0 Å². The Balaban J connectivity index is 1.94. The molecule has 2 aromatic rings. The maximum Gasteiger partial charge on any atom is 0.254 e. The van der Waals surface area contributed by atoms with Crippen LogP contribution in [0.5, 0.6) is 5.88 Å². The molecule has 90 valence electrons. The van der Waals surface area contributed by atoms with Crippen molar-refractivity contribution in [3.05, 3.63) is 44.6 Å². The van der Waals surface area contributed by atoms with Gasteiger partial charge in [0.25, 0.3) is 5.56 Å². The summed E-state index contributed by atoms with van der Waals surface area (Å²) >= 11 is 1.70. The van der Waals surface area contributed by atoms with Crippen LogP contribution in [0.4, 0.5) is 0 Å². The van der Waals surface area contributed by atoms with Crippen molar-refractivity contribution in [2.45, 2.75) is 19.8 Å². The molecule has 0 saturated carbocycles. The second-order valence-electron chi connectivity index (χ2n) is 3.56. The van der Waals surface area contributed by atoms with Gasteiger partial charge in [-0.05, 0) is 11.4 Å². The van der Waals surface area contributed by atoms with Crippen molar-refractivity contribution in [2.75, 3.05) is 6.61 Å². The lowest BCUT2D eigenvalue weighted by molar-refractivity contribution is 0.308. The van der Waals surface area contributed by atoms with Gasteiger partial charge in [-0.15, -0.1) is 11.3 Å². The predicted octanol–water partition coefficient (Wildman–Crippen LogP) is 2.02. The third-order valence-corrected chi connectivity index (χ3v) is 3.22. The normalized spacial score (nSPS) is 10.4. The van der Waals surface area contributed by atoms with Crippen LogP contribution in [0.25, 0.3) is 0 Å². The van der Waals surface area contributed by atoms with E-state index in [-0.39, 0.29) is 5.56 Å². The van der Waals surface area contributed by atoms with Gasteiger partial charge in [-0.1, -0.05) is 13.0 Å². The minimum absolute atomic E-state index is 0.164. The topological polar surface area (TPSA) is 55.0 Å². The van der Waals surface area contributed by atoms with E-state index >= 15 is 0 Å². The Kier molecular flexibility index (Phi) is 3.93. The monoisotopic (exact) mass is 250 g/mol. The van der Waals surface area contributed by atoms with Crippen LogP contribution in [0.15, 0.2) is 28.4 Å². The third kappa shape index (κ3) is 3.42. The van der Waals surface area contributed by atoms with E-state index in [4.69, 9.17) is 4.74 Å². The third-order valence-electron chi connectivity index (χ3n) is 2.28. The van der Waals surface area contributed by atoms with Gasteiger partial charge < -0.3 is 9.72 Å². The molecule has 0 saturated heterocycles. The average molecular weight is 250 g/mol. The minimum atomic E-state index is -0.164. The van der Waals surface area contributed by atoms with Crippen LogP contribution in [0, 0.1) is 0 Å². The number of rotatable bonds is 5. The van der Waals surface area contributed by atoms with Crippen LogP contribution in [0.1, 0.15) is 17.6 Å². The quantitative estimate of drug-likeness (QED) is 0.883. The standard InChI is InChI=1S/C12H14N2O2S/c1-2-10-13-11(15)8-12(14-10)16-6-5-9-4-3-7-17-9/h3-4,7-8H,2,5-6H2,1H3,(H,13,14,15). The first kappa shape index (κ1) is 11.9. The van der Waals surface area contributed by atoms with Crippen LogP contribution in [-0.4, -0.2) is 16.6 Å². The van der Waals surface area contributed by atoms with Gasteiger partial charge in [-0.3, -0.25) is 4.79 Å². The Morgan fingerprint density at radius 3 is 3.12 bits per heavy atom. The summed E-state index contributed by atoms with van der Waals surface area (Å²) in [6, 6.07) is 5.46. The van der Waals surface area contributed by atoms with Crippen LogP contribution in [0.2, 0.25) is 0 Å². The molecule has 5 heteroatoms. The minimum Gasteiger partial charge on any atom is -0.477 e. The highest BCUT2D eigenvalue weighted by molar-refractivity contribution is 7.09. The number of aryl methyl sites for hydroxylation is 1. The number of aromatic amines is 1. The Morgan fingerprint density at radius 1 is 1.53 bits per heavy atom. The molecule has 2 aromatic heterocycles. The summed E-state index contributed by atoms with van der Waals surface area (Å²) in [5, 5.41) is 2.04. The zero-order valence-electron chi connectivity index (χ0n) is 9.60. The van der Waals surface area contributed by atoms with Crippen molar-refractivity contribution < 1.29 is 4.74 Å². The predicted molar refractivity (Wildman–Crippen MR) is 67.8 cm³/mol. The molecule has 0 atom stereocenters. The Hall–Kier alpha value is -1.62. The van der Waals surface area contributed by atoms with Crippen molar-refractivity contribution >= 4 is 11.3 Å². The number of nitrogens with zero attached hydrogens (tertiary/aromatic N) is 1. The van der Waals surface area contributed by atoms with E-state index in [9.17, 15) is 4.79 Å². The molecule has 0 bridgehead atoms. The second-order valence-corrected chi connectivity index (χ2v) is 4.59. The van der Waals surface area contributed by atoms with E-state index in [2.05, 4.69) is 16.0 Å². The van der Waals surface area contributed by atoms with Crippen LogP contribution >= 0.6 is 11.3 Å². The molecule has 2 rings (SSSR count). The first-order chi connectivity index (χ1) is 8.28. The Morgan fingerprint density at radius 2 is 2.41 bits per heavy atom. The largest absolute Gasteiger partial charge is 0.477 e. The van der Waals surface area contributed by atoms with Crippen LogP contribution in [0.3, 0.4) is 0 Å². The highest BCUT2D eigenvalue weighted by Gasteiger charge is 2.01. The lowest BCUT2D eigenvalue weighted by atomic mass is 10.4. The van der Waals surface area contributed by atoms with Gasteiger partial charge in [0.05, 0.1) is 12.7 Å². The van der Waals surface area contributed by atoms with E-state index in [1.165, 1.54) is 10.9 Å². The lowest BCUT2D eigenvalue weighted by Gasteiger charge is -2.04. The zero-order chi connectivity index (χ0) is 12.1. The number of aromatic nitrogens is 2. The molecule has 1 N–H and O–H groups in total. The molecule has 0 fully saturated rings. The van der Waals surface area contributed by atoms with E-state index in [0.717, 1.165) is 6.42 Å². The van der Waals surface area contributed by atoms with Crippen molar-refractivity contribution in [1.29, 1.82) is 0 Å². The fourth-order valence-electron chi connectivity index (χ4n) is 1.44. The summed E-state index contributed by atoms with van der Waals surface area (Å²) in [7, 11) is 0. The molecule has 2 heterocycles. The zero-order valence-corrected chi connectivity index (χ0v) is 10.4. The van der Waals surface area contributed by atoms with Crippen LogP contribution < -0.4 is 10.3 Å². The summed E-state index contributed by atoms with van der Waals surface area (Å²) in [4.78, 5) is 19.4. The van der Waals surface area contributed by atoms with Gasteiger partial charge in [-0.25, -0.2) is 4.98 Å². The van der Waals surface area contributed by atoms with E-state index in [0.29, 0.717) is 24.7 Å². The van der Waals surface area contributed by atoms with Gasteiger partial charge in [0.1, 0.15) is 5.82 Å². The van der Waals surface area contributed by atoms with Crippen molar-refractivity contribution in [1.82, 2.24) is 9.97 Å². The Bertz CT molecular complexity index is 520. The molecule has 0 aliphatic heterocycles. The summed E-state index contributed by atoms with van der Waals surface area (Å²) < 4.78 is 5.48. The maximum absolute atomic E-state index is 11.3. The Labute approximate surface area is 103 Å². The first-order valence-corrected chi connectivity index (χ1v) is 6.41. The van der Waals surface area contributed by atoms with Crippen LogP contribution in [-0.2, 0) is 12.8 Å². The maximum atomic E-state index is 11.3. The van der Waals surface area contributed by atoms with Gasteiger partial charge >= 0.3 is 0 Å². The fraction of sp³-hybridized carbons (Fsp3) is 0.333. The fourth-order valence-corrected chi connectivity index (χ4v) is 2.13. The molecule has 0 radical (unpaired) electrons. The van der Waals surface area contributed by atoms with Crippen molar-refractivity contribution in [2.24, 2.45) is 0 Å². The molecular formula is C12H14N2O2S. The smallest absolute Gasteiger partial charge is 0.254 e. The lowest BCUT2D eigenvalue weighted by Crippen LogP contribution is -2.12. The summed E-state index contributed by atoms with van der Waals surface area (Å²) in [5.41, 5.74) is -0.164. The molecule has 0 aromatic carbocycles. The van der Waals surface area contributed by atoms with Gasteiger partial charge in [0.15, 0.2) is 0 Å². The molecule has 0 aliphatic rings. The summed E-state index contributed by atoms with van der Waals surface area (Å²) in [6.07, 6.45) is 1.53. The molecule has 17 heavy (non-hydrogen) atoms. The number of thiophene rings is 1. The molecule has 0 aliphatic carbocycles. The molecular weight excluding hydrogens is 236 g/mol. The summed E-state index contributed by atoms with van der Waals surface area (Å²) in [6.45, 7) is 2.48. The number of hydrogen-bond acceptors (Lipinski definition) is 4. The van der Waals surface area contributed by atoms with Crippen molar-refractivity contribution in [3.8, 4) is 5.88 Å². The molecule has 0 unspecified atom stereocenters. The second kappa shape index (κ2) is 5.63. The molecule has 0 spiro atoms. The van der Waals surface area contributed by atoms with Crippen molar-refractivity contribution in [3.63, 3.8) is 0 Å². The number of ether oxygens (including phenoxy) is 1. The average Bonchev–Trinajstić information content (AvgIpc) is 2.81. The first-order valence-electron chi connectivity index (χ1n) is 5.53. The number of nitrogens with one attached hydrogen (secondary N) is 1. The van der Waals surface area contributed by atoms with Gasteiger partial charge in [0.2, 0.25) is 5.88 Å². The number of hydrogen-bond donors (Lipinski definition) is 1. The number of H-pyrrole nitrogens is 1. The van der Waals surface area contributed by atoms with E-state index in [1.807, 2.05) is 18.4 Å². The van der Waals surface area contributed by atoms with E-state index in [1.54, 1.807) is 11.3 Å². The van der Waals surface area contributed by atoms with Gasteiger partial charge in [-0.2, -0.15) is 0 Å². The molecule has 4 nitrogen and oxygen atoms in total. The van der Waals surface area contributed by atoms with Gasteiger partial charge in [0, 0.05) is 17.7 Å². The SMILES string of the molecule is CCc1nc(OCCc2cccs2)cc(=O)[nH]1. The molecule has 0 amide bonds. The summed E-state index contributed by atoms with van der Waals surface area (Å²) in [5.74, 6) is 1.06.